The number of amides is 1. The van der Waals surface area contributed by atoms with Crippen molar-refractivity contribution < 1.29 is 13.2 Å². The van der Waals surface area contributed by atoms with Crippen molar-refractivity contribution in [2.45, 2.75) is 24.7 Å². The summed E-state index contributed by atoms with van der Waals surface area (Å²) < 4.78 is 24.0. The molecule has 0 aliphatic rings. The number of nitrogens with two attached hydrogens (primary N) is 1. The Balaban J connectivity index is 2.77. The van der Waals surface area contributed by atoms with Crippen LogP contribution in [0, 0.1) is 6.92 Å². The summed E-state index contributed by atoms with van der Waals surface area (Å²) in [4.78, 5) is 11.2. The van der Waals surface area contributed by atoms with Crippen LogP contribution in [0.15, 0.2) is 23.1 Å². The van der Waals surface area contributed by atoms with Gasteiger partial charge in [0, 0.05) is 13.5 Å². The molecule has 0 bridgehead atoms. The minimum Gasteiger partial charge on any atom is -0.398 e. The summed E-state index contributed by atoms with van der Waals surface area (Å²) in [5.74, 6) is -0.240. The Hall–Kier alpha value is -1.56. The average Bonchev–Trinajstić information content (AvgIpc) is 2.27. The minimum atomic E-state index is -3.42. The van der Waals surface area contributed by atoms with Crippen LogP contribution in [-0.4, -0.2) is 27.1 Å². The fraction of sp³-hybridized carbons (Fsp3) is 0.417. The van der Waals surface area contributed by atoms with E-state index in [9.17, 15) is 13.2 Å². The van der Waals surface area contributed by atoms with Crippen molar-refractivity contribution >= 4 is 21.4 Å². The van der Waals surface area contributed by atoms with E-state index in [0.717, 1.165) is 5.56 Å². The Morgan fingerprint density at radius 1 is 1.39 bits per heavy atom. The summed E-state index contributed by atoms with van der Waals surface area (Å²) in [6.45, 7) is 1.85. The van der Waals surface area contributed by atoms with E-state index in [1.54, 1.807) is 12.1 Å². The lowest BCUT2D eigenvalue weighted by atomic mass is 10.2. The third kappa shape index (κ3) is 3.73. The molecule has 0 aromatic heterocycles. The van der Waals surface area contributed by atoms with Crippen LogP contribution < -0.4 is 11.1 Å². The van der Waals surface area contributed by atoms with Gasteiger partial charge in [0.2, 0.25) is 5.91 Å². The van der Waals surface area contributed by atoms with Gasteiger partial charge in [-0.2, -0.15) is 0 Å². The number of anilines is 1. The Labute approximate surface area is 107 Å². The van der Waals surface area contributed by atoms with Gasteiger partial charge in [0.05, 0.1) is 16.3 Å². The molecule has 1 aromatic rings. The molecule has 0 spiro atoms. The molecule has 1 aromatic carbocycles. The summed E-state index contributed by atoms with van der Waals surface area (Å²) in [5, 5.41) is 2.45. The van der Waals surface area contributed by atoms with Gasteiger partial charge >= 0.3 is 0 Å². The number of benzene rings is 1. The molecule has 0 aliphatic carbocycles. The Kier molecular flexibility index (Phi) is 4.72. The van der Waals surface area contributed by atoms with Crippen molar-refractivity contribution in [1.82, 2.24) is 5.32 Å². The van der Waals surface area contributed by atoms with E-state index in [2.05, 4.69) is 5.32 Å². The monoisotopic (exact) mass is 270 g/mol. The summed E-state index contributed by atoms with van der Waals surface area (Å²) in [6, 6.07) is 4.85. The molecule has 0 fully saturated rings. The van der Waals surface area contributed by atoms with Gasteiger partial charge in [-0.05, 0) is 31.0 Å². The number of nitrogen functional groups attached to an aromatic ring is 1. The molecule has 0 atom stereocenters. The second kappa shape index (κ2) is 5.86. The molecule has 5 nitrogen and oxygen atoms in total. The smallest absolute Gasteiger partial charge is 0.219 e. The predicted molar refractivity (Wildman–Crippen MR) is 70.9 cm³/mol. The zero-order valence-electron chi connectivity index (χ0n) is 10.6. The highest BCUT2D eigenvalue weighted by Crippen LogP contribution is 2.21. The van der Waals surface area contributed by atoms with Gasteiger partial charge in [-0.25, -0.2) is 8.42 Å². The Morgan fingerprint density at radius 3 is 2.61 bits per heavy atom. The fourth-order valence-electron chi connectivity index (χ4n) is 1.61. The first-order chi connectivity index (χ1) is 8.36. The predicted octanol–water partition coefficient (Wildman–Crippen LogP) is 0.877. The van der Waals surface area contributed by atoms with Crippen molar-refractivity contribution in [3.05, 3.63) is 23.8 Å². The highest BCUT2D eigenvalue weighted by molar-refractivity contribution is 7.91. The maximum Gasteiger partial charge on any atom is 0.219 e. The number of rotatable bonds is 5. The van der Waals surface area contributed by atoms with Gasteiger partial charge in [-0.1, -0.05) is 6.07 Å². The largest absolute Gasteiger partial charge is 0.398 e. The maximum atomic E-state index is 12.0. The van der Waals surface area contributed by atoms with Gasteiger partial charge in [0.1, 0.15) is 0 Å². The van der Waals surface area contributed by atoms with Crippen LogP contribution in [0.4, 0.5) is 5.69 Å². The number of hydrogen-bond donors (Lipinski definition) is 2. The molecule has 0 saturated heterocycles. The molecule has 0 unspecified atom stereocenters. The normalized spacial score (nSPS) is 11.2. The van der Waals surface area contributed by atoms with E-state index in [-0.39, 0.29) is 35.1 Å². The van der Waals surface area contributed by atoms with Crippen LogP contribution in [0.25, 0.3) is 0 Å². The Morgan fingerprint density at radius 2 is 2.06 bits per heavy atom. The van der Waals surface area contributed by atoms with Crippen LogP contribution in [0.3, 0.4) is 0 Å². The second-order valence-corrected chi connectivity index (χ2v) is 6.21. The molecule has 6 heteroatoms. The lowest BCUT2D eigenvalue weighted by Gasteiger charge is -2.08. The third-order valence-electron chi connectivity index (χ3n) is 2.60. The Bertz CT molecular complexity index is 538. The molecule has 0 aliphatic heterocycles. The average molecular weight is 270 g/mol. The van der Waals surface area contributed by atoms with E-state index in [4.69, 9.17) is 5.73 Å². The van der Waals surface area contributed by atoms with Crippen LogP contribution in [0.1, 0.15) is 18.4 Å². The van der Waals surface area contributed by atoms with Crippen molar-refractivity contribution in [3.63, 3.8) is 0 Å². The zero-order valence-corrected chi connectivity index (χ0v) is 11.4. The summed E-state index contributed by atoms with van der Waals surface area (Å²) in [7, 11) is -1.89. The van der Waals surface area contributed by atoms with Gasteiger partial charge < -0.3 is 11.1 Å². The zero-order chi connectivity index (χ0) is 13.8. The van der Waals surface area contributed by atoms with E-state index in [1.165, 1.54) is 13.1 Å². The molecule has 18 heavy (non-hydrogen) atoms. The fourth-order valence-corrected chi connectivity index (χ4v) is 3.05. The van der Waals surface area contributed by atoms with Gasteiger partial charge in [-0.15, -0.1) is 0 Å². The molecule has 0 radical (unpaired) electrons. The molecule has 0 saturated carbocycles. The second-order valence-electron chi connectivity index (χ2n) is 4.14. The highest BCUT2D eigenvalue weighted by atomic mass is 32.2. The third-order valence-corrected chi connectivity index (χ3v) is 4.46. The molecular weight excluding hydrogens is 252 g/mol. The standard InChI is InChI=1S/C12H18N2O3S/c1-9-5-6-11(10(13)8-9)18(16,17)7-3-4-12(15)14-2/h5-6,8H,3-4,7,13H2,1-2H3,(H,14,15). The number of sulfone groups is 1. The van der Waals surface area contributed by atoms with Gasteiger partial charge in [0.15, 0.2) is 9.84 Å². The highest BCUT2D eigenvalue weighted by Gasteiger charge is 2.17. The SMILES string of the molecule is CNC(=O)CCCS(=O)(=O)c1ccc(C)cc1N. The van der Waals surface area contributed by atoms with E-state index < -0.39 is 9.84 Å². The maximum absolute atomic E-state index is 12.0. The lowest BCUT2D eigenvalue weighted by molar-refractivity contribution is -0.120. The molecule has 100 valence electrons. The van der Waals surface area contributed by atoms with Crippen molar-refractivity contribution in [2.24, 2.45) is 0 Å². The van der Waals surface area contributed by atoms with Crippen LogP contribution in [0.2, 0.25) is 0 Å². The molecular formula is C12H18N2O3S. The van der Waals surface area contributed by atoms with Crippen LogP contribution in [-0.2, 0) is 14.6 Å². The summed E-state index contributed by atoms with van der Waals surface area (Å²) in [6.07, 6.45) is 0.483. The van der Waals surface area contributed by atoms with E-state index in [0.29, 0.717) is 0 Å². The van der Waals surface area contributed by atoms with Gasteiger partial charge in [-0.3, -0.25) is 4.79 Å². The summed E-state index contributed by atoms with van der Waals surface area (Å²) in [5.41, 5.74) is 6.88. The molecule has 1 rings (SSSR count). The quantitative estimate of drug-likeness (QED) is 0.777. The first-order valence-electron chi connectivity index (χ1n) is 5.66. The molecule has 3 N–H and O–H groups in total. The minimum absolute atomic E-state index is 0.0757. The molecule has 1 amide bonds. The summed E-state index contributed by atoms with van der Waals surface area (Å²) >= 11 is 0. The van der Waals surface area contributed by atoms with E-state index in [1.807, 2.05) is 6.92 Å². The lowest BCUT2D eigenvalue weighted by Crippen LogP contribution is -2.19. The first kappa shape index (κ1) is 14.5. The van der Waals surface area contributed by atoms with Crippen LogP contribution in [0.5, 0.6) is 0 Å². The first-order valence-corrected chi connectivity index (χ1v) is 7.31. The van der Waals surface area contributed by atoms with E-state index >= 15 is 0 Å². The van der Waals surface area contributed by atoms with Crippen molar-refractivity contribution in [1.29, 1.82) is 0 Å². The van der Waals surface area contributed by atoms with Crippen molar-refractivity contribution in [2.75, 3.05) is 18.5 Å². The van der Waals surface area contributed by atoms with Crippen LogP contribution >= 0.6 is 0 Å². The number of hydrogen-bond acceptors (Lipinski definition) is 4. The van der Waals surface area contributed by atoms with Crippen molar-refractivity contribution in [3.8, 4) is 0 Å². The number of carbonyl (C=O) groups excluding carboxylic acids is 1. The number of nitrogens with one attached hydrogen (secondary N) is 1. The topological polar surface area (TPSA) is 89.3 Å². The molecule has 0 heterocycles. The van der Waals surface area contributed by atoms with Gasteiger partial charge in [0.25, 0.3) is 0 Å². The number of carbonyl (C=O) groups is 1. The number of aryl methyl sites for hydroxylation is 1.